The molecule has 63 heavy (non-hydrogen) atoms. The molecule has 7 aliphatic rings. The van der Waals surface area contributed by atoms with Crippen molar-refractivity contribution >= 4 is 33.6 Å². The predicted octanol–water partition coefficient (Wildman–Crippen LogP) is 13.9. The Morgan fingerprint density at radius 1 is 0.444 bits per heavy atom. The summed E-state index contributed by atoms with van der Waals surface area (Å²) in [6.45, 7) is 0. The summed E-state index contributed by atoms with van der Waals surface area (Å²) < 4.78 is 0. The van der Waals surface area contributed by atoms with Crippen LogP contribution >= 0.6 is 0 Å². The van der Waals surface area contributed by atoms with Crippen LogP contribution in [0.25, 0.3) is 44.7 Å². The fraction of sp³-hybridized carbons (Fsp3) is 0.143. The topological polar surface area (TPSA) is 0 Å². The third-order valence-corrected chi connectivity index (χ3v) is 15.4. The molecule has 6 aromatic carbocycles. The average molecular weight is 805 g/mol. The largest absolute Gasteiger partial charge is 0.0842 e. The number of fused-ring (bicyclic) bond motifs is 13. The van der Waals surface area contributed by atoms with Gasteiger partial charge in [-0.05, 0) is 137 Å². The molecule has 0 saturated heterocycles. The minimum atomic E-state index is -0.240. The highest BCUT2D eigenvalue weighted by molar-refractivity contribution is 6.00. The van der Waals surface area contributed by atoms with Gasteiger partial charge in [0, 0.05) is 17.8 Å². The number of hydrogen-bond acceptors (Lipinski definition) is 0. The van der Waals surface area contributed by atoms with Gasteiger partial charge < -0.3 is 0 Å². The Balaban J connectivity index is 0.954. The molecule has 300 valence electrons. The van der Waals surface area contributed by atoms with E-state index in [1.165, 1.54) is 105 Å². The second-order valence-electron chi connectivity index (χ2n) is 18.4. The first kappa shape index (κ1) is 36.6. The lowest BCUT2D eigenvalue weighted by Gasteiger charge is -2.40. The van der Waals surface area contributed by atoms with Crippen LogP contribution in [-0.4, -0.2) is 0 Å². The second-order valence-corrected chi connectivity index (χ2v) is 18.4. The van der Waals surface area contributed by atoms with E-state index in [-0.39, 0.29) is 23.2 Å². The first-order valence-corrected chi connectivity index (χ1v) is 23.1. The molecule has 0 aliphatic heterocycles. The molecule has 1 spiro atoms. The highest BCUT2D eigenvalue weighted by Gasteiger charge is 2.56. The molecule has 3 atom stereocenters. The van der Waals surface area contributed by atoms with Gasteiger partial charge in [0.2, 0.25) is 0 Å². The number of hydrogen-bond donors (Lipinski definition) is 0. The third kappa shape index (κ3) is 5.47. The van der Waals surface area contributed by atoms with Crippen LogP contribution in [-0.2, 0) is 5.41 Å². The summed E-state index contributed by atoms with van der Waals surface area (Å²) in [5.41, 5.74) is 21.2. The van der Waals surface area contributed by atoms with Crippen molar-refractivity contribution in [1.29, 1.82) is 0 Å². The van der Waals surface area contributed by atoms with Gasteiger partial charge in [-0.3, -0.25) is 0 Å². The normalized spacial score (nSPS) is 22.1. The number of allylic oxidation sites excluding steroid dienone is 17. The SMILES string of the molecule is C1=CCCC(C2=CC=C(C=Cc3ccc(C4=c5ccccc5=C(C5=CC=C6c7ccccc7C7(c8ccccc8-c8ccccc87)C6C5)C5C=CC=CC45)c4ccccc34)CC2)=C1. The van der Waals surface area contributed by atoms with E-state index >= 15 is 0 Å². The van der Waals surface area contributed by atoms with Gasteiger partial charge in [-0.2, -0.15) is 0 Å². The molecule has 0 saturated carbocycles. The Morgan fingerprint density at radius 3 is 1.78 bits per heavy atom. The Kier molecular flexibility index (Phi) is 8.45. The van der Waals surface area contributed by atoms with Gasteiger partial charge in [-0.15, -0.1) is 0 Å². The summed E-state index contributed by atoms with van der Waals surface area (Å²) in [6, 6.07) is 50.9. The maximum atomic E-state index is 2.50. The van der Waals surface area contributed by atoms with Crippen LogP contribution < -0.4 is 10.4 Å². The molecule has 13 rings (SSSR count). The molecule has 0 heterocycles. The van der Waals surface area contributed by atoms with Crippen LogP contribution in [0.15, 0.2) is 229 Å². The first-order chi connectivity index (χ1) is 31.3. The zero-order chi connectivity index (χ0) is 41.5. The molecule has 0 heteroatoms. The van der Waals surface area contributed by atoms with Crippen molar-refractivity contribution in [1.82, 2.24) is 0 Å². The molecule has 0 N–H and O–H groups in total. The molecular weight excluding hydrogens is 757 g/mol. The van der Waals surface area contributed by atoms with Gasteiger partial charge in [0.1, 0.15) is 0 Å². The molecule has 0 nitrogen and oxygen atoms in total. The fourth-order valence-electron chi connectivity index (χ4n) is 12.8. The lowest BCUT2D eigenvalue weighted by Crippen LogP contribution is -2.41. The first-order valence-electron chi connectivity index (χ1n) is 23.1. The van der Waals surface area contributed by atoms with Crippen LogP contribution in [0.3, 0.4) is 0 Å². The molecule has 3 unspecified atom stereocenters. The zero-order valence-corrected chi connectivity index (χ0v) is 35.5. The summed E-state index contributed by atoms with van der Waals surface area (Å²) in [4.78, 5) is 0. The van der Waals surface area contributed by atoms with Crippen molar-refractivity contribution in [2.45, 2.75) is 37.5 Å². The maximum Gasteiger partial charge on any atom is 0.0541 e. The summed E-state index contributed by atoms with van der Waals surface area (Å²) in [7, 11) is 0. The van der Waals surface area contributed by atoms with E-state index in [0.29, 0.717) is 0 Å². The van der Waals surface area contributed by atoms with Crippen molar-refractivity contribution in [3.8, 4) is 11.1 Å². The quantitative estimate of drug-likeness (QED) is 0.163. The molecule has 0 amide bonds. The fourth-order valence-corrected chi connectivity index (χ4v) is 12.8. The average Bonchev–Trinajstić information content (AvgIpc) is 3.82. The Bertz CT molecular complexity index is 3330. The number of benzene rings is 6. The van der Waals surface area contributed by atoms with Gasteiger partial charge in [-0.1, -0.05) is 212 Å². The Morgan fingerprint density at radius 2 is 1.06 bits per heavy atom. The van der Waals surface area contributed by atoms with Crippen LogP contribution in [0.2, 0.25) is 0 Å². The second kappa shape index (κ2) is 14.5. The van der Waals surface area contributed by atoms with Crippen LogP contribution in [0, 0.1) is 17.8 Å². The molecule has 6 aromatic rings. The lowest BCUT2D eigenvalue weighted by atomic mass is 9.62. The van der Waals surface area contributed by atoms with Crippen molar-refractivity contribution in [2.75, 3.05) is 0 Å². The third-order valence-electron chi connectivity index (χ3n) is 15.4. The van der Waals surface area contributed by atoms with Gasteiger partial charge in [0.15, 0.2) is 0 Å². The molecule has 7 aliphatic carbocycles. The van der Waals surface area contributed by atoms with Crippen molar-refractivity contribution in [3.05, 3.63) is 272 Å². The maximum absolute atomic E-state index is 2.50. The molecule has 0 aromatic heterocycles. The zero-order valence-electron chi connectivity index (χ0n) is 35.5. The summed E-state index contributed by atoms with van der Waals surface area (Å²) in [6.07, 6.45) is 36.2. The smallest absolute Gasteiger partial charge is 0.0541 e. The standard InChI is InChI=1S/C63H48/c1-2-16-42(17-3-1)43-33-30-41(31-34-43)32-35-44-36-39-56(47-19-5-4-18-46(44)47)62-54-25-8-6-23-52(54)61(53-24-7-9-26-55(53)62)45-37-38-51-50-22-12-15-29-59(50)63(60(51)40-45)57-27-13-10-20-48(57)49-21-11-14-28-58(49)63/h1-2,4-16,18-30,32-33,35-39,52,54,60H,3,17,31,34,40H2. The monoisotopic (exact) mass is 804 g/mol. The summed E-state index contributed by atoms with van der Waals surface area (Å²) in [5, 5.41) is 5.36. The highest BCUT2D eigenvalue weighted by Crippen LogP contribution is 2.66. The number of rotatable bonds is 5. The summed E-state index contributed by atoms with van der Waals surface area (Å²) >= 11 is 0. The molecular formula is C63H48. The lowest BCUT2D eigenvalue weighted by molar-refractivity contribution is 0.486. The molecule has 0 fully saturated rings. The van der Waals surface area contributed by atoms with Crippen molar-refractivity contribution < 1.29 is 0 Å². The minimum absolute atomic E-state index is 0.210. The van der Waals surface area contributed by atoms with E-state index in [1.54, 1.807) is 0 Å². The van der Waals surface area contributed by atoms with E-state index < -0.39 is 0 Å². The van der Waals surface area contributed by atoms with E-state index in [0.717, 1.165) is 32.1 Å². The van der Waals surface area contributed by atoms with Gasteiger partial charge >= 0.3 is 0 Å². The van der Waals surface area contributed by atoms with Crippen LogP contribution in [0.5, 0.6) is 0 Å². The predicted molar refractivity (Wildman–Crippen MR) is 264 cm³/mol. The van der Waals surface area contributed by atoms with E-state index in [4.69, 9.17) is 0 Å². The van der Waals surface area contributed by atoms with E-state index in [2.05, 4.69) is 212 Å². The van der Waals surface area contributed by atoms with Gasteiger partial charge in [-0.25, -0.2) is 0 Å². The summed E-state index contributed by atoms with van der Waals surface area (Å²) in [5.74, 6) is 0.714. The van der Waals surface area contributed by atoms with Crippen LogP contribution in [0.4, 0.5) is 0 Å². The van der Waals surface area contributed by atoms with Crippen LogP contribution in [0.1, 0.15) is 65.5 Å². The highest BCUT2D eigenvalue weighted by atomic mass is 14.6. The van der Waals surface area contributed by atoms with Crippen molar-refractivity contribution in [3.63, 3.8) is 0 Å². The molecule has 0 bridgehead atoms. The Labute approximate surface area is 370 Å². The van der Waals surface area contributed by atoms with Gasteiger partial charge in [0.25, 0.3) is 0 Å². The van der Waals surface area contributed by atoms with Crippen molar-refractivity contribution in [2.24, 2.45) is 17.8 Å². The Hall–Kier alpha value is -7.02. The van der Waals surface area contributed by atoms with Gasteiger partial charge in [0.05, 0.1) is 5.41 Å². The molecule has 0 radical (unpaired) electrons. The van der Waals surface area contributed by atoms with E-state index in [9.17, 15) is 0 Å². The minimum Gasteiger partial charge on any atom is -0.0842 e. The van der Waals surface area contributed by atoms with E-state index in [1.807, 2.05) is 0 Å².